The summed E-state index contributed by atoms with van der Waals surface area (Å²) in [6, 6.07) is 2.58. The zero-order valence-corrected chi connectivity index (χ0v) is 11.3. The minimum atomic E-state index is -4.81. The van der Waals surface area contributed by atoms with E-state index in [-0.39, 0.29) is 22.7 Å². The second-order valence-electron chi connectivity index (χ2n) is 4.84. The SMILES string of the molecule is CC(C)c1c(-c2ccc(F)c(C(F)(F)F)c2)nc[nH]c1=O. The molecule has 0 aliphatic heterocycles. The normalized spacial score (nSPS) is 12.0. The Balaban J connectivity index is 2.69. The van der Waals surface area contributed by atoms with Gasteiger partial charge >= 0.3 is 6.18 Å². The molecule has 0 amide bonds. The molecular formula is C14H12F4N2O. The smallest absolute Gasteiger partial charge is 0.313 e. The summed E-state index contributed by atoms with van der Waals surface area (Å²) in [6.07, 6.45) is -3.69. The molecule has 1 N–H and O–H groups in total. The number of rotatable bonds is 2. The van der Waals surface area contributed by atoms with Crippen LogP contribution in [-0.4, -0.2) is 9.97 Å². The topological polar surface area (TPSA) is 45.8 Å². The van der Waals surface area contributed by atoms with E-state index in [1.807, 2.05) is 0 Å². The Bertz CT molecular complexity index is 720. The van der Waals surface area contributed by atoms with Gasteiger partial charge in [-0.3, -0.25) is 4.79 Å². The Labute approximate surface area is 117 Å². The maximum atomic E-state index is 13.3. The van der Waals surface area contributed by atoms with E-state index in [9.17, 15) is 22.4 Å². The van der Waals surface area contributed by atoms with Gasteiger partial charge in [0, 0.05) is 11.1 Å². The van der Waals surface area contributed by atoms with Crippen LogP contribution >= 0.6 is 0 Å². The van der Waals surface area contributed by atoms with Gasteiger partial charge in [0.05, 0.1) is 17.6 Å². The quantitative estimate of drug-likeness (QED) is 0.859. The van der Waals surface area contributed by atoms with Crippen molar-refractivity contribution < 1.29 is 17.6 Å². The Hall–Kier alpha value is -2.18. The van der Waals surface area contributed by atoms with Crippen LogP contribution in [0.3, 0.4) is 0 Å². The van der Waals surface area contributed by atoms with Gasteiger partial charge < -0.3 is 4.98 Å². The summed E-state index contributed by atoms with van der Waals surface area (Å²) < 4.78 is 51.6. The van der Waals surface area contributed by atoms with Gasteiger partial charge in [-0.25, -0.2) is 9.37 Å². The number of hydrogen-bond acceptors (Lipinski definition) is 2. The van der Waals surface area contributed by atoms with Gasteiger partial charge in [-0.05, 0) is 24.1 Å². The van der Waals surface area contributed by atoms with Gasteiger partial charge in [0.2, 0.25) is 0 Å². The zero-order chi connectivity index (χ0) is 15.8. The van der Waals surface area contributed by atoms with Crippen molar-refractivity contribution >= 4 is 0 Å². The molecule has 2 rings (SSSR count). The minimum Gasteiger partial charge on any atom is -0.313 e. The van der Waals surface area contributed by atoms with Crippen LogP contribution < -0.4 is 5.56 Å². The molecule has 0 aliphatic rings. The second kappa shape index (κ2) is 5.31. The van der Waals surface area contributed by atoms with E-state index in [1.54, 1.807) is 13.8 Å². The van der Waals surface area contributed by atoms with E-state index in [1.165, 1.54) is 6.07 Å². The molecular weight excluding hydrogens is 288 g/mol. The molecule has 0 radical (unpaired) electrons. The molecule has 7 heteroatoms. The molecule has 0 bridgehead atoms. The van der Waals surface area contributed by atoms with Crippen molar-refractivity contribution in [3.8, 4) is 11.3 Å². The third-order valence-electron chi connectivity index (χ3n) is 3.01. The standard InChI is InChI=1S/C14H12F4N2O/c1-7(2)11-12(19-6-20-13(11)21)8-3-4-10(15)9(5-8)14(16,17)18/h3-7H,1-2H3,(H,19,20,21). The van der Waals surface area contributed by atoms with Gasteiger partial charge in [0.15, 0.2) is 0 Å². The van der Waals surface area contributed by atoms with E-state index in [4.69, 9.17) is 0 Å². The van der Waals surface area contributed by atoms with Gasteiger partial charge in [0.1, 0.15) is 5.82 Å². The summed E-state index contributed by atoms with van der Waals surface area (Å²) in [7, 11) is 0. The third kappa shape index (κ3) is 2.96. The molecule has 0 saturated carbocycles. The lowest BCUT2D eigenvalue weighted by atomic mass is 9.97. The van der Waals surface area contributed by atoms with Crippen molar-refractivity contribution in [1.29, 1.82) is 0 Å². The number of hydrogen-bond donors (Lipinski definition) is 1. The van der Waals surface area contributed by atoms with Crippen LogP contribution in [0, 0.1) is 5.82 Å². The predicted molar refractivity (Wildman–Crippen MR) is 69.3 cm³/mol. The molecule has 0 fully saturated rings. The number of alkyl halides is 3. The summed E-state index contributed by atoms with van der Waals surface area (Å²) >= 11 is 0. The van der Waals surface area contributed by atoms with Crippen LogP contribution in [0.25, 0.3) is 11.3 Å². The molecule has 112 valence electrons. The summed E-state index contributed by atoms with van der Waals surface area (Å²) in [6.45, 7) is 3.45. The highest BCUT2D eigenvalue weighted by atomic mass is 19.4. The first kappa shape index (κ1) is 15.2. The molecule has 0 saturated heterocycles. The molecule has 1 heterocycles. The lowest BCUT2D eigenvalue weighted by Crippen LogP contribution is -2.16. The number of benzene rings is 1. The first-order valence-corrected chi connectivity index (χ1v) is 6.16. The molecule has 21 heavy (non-hydrogen) atoms. The number of aromatic nitrogens is 2. The molecule has 1 aromatic carbocycles. The zero-order valence-electron chi connectivity index (χ0n) is 11.3. The first-order chi connectivity index (χ1) is 9.71. The minimum absolute atomic E-state index is 0.0542. The fourth-order valence-electron chi connectivity index (χ4n) is 2.07. The van der Waals surface area contributed by atoms with Crippen LogP contribution in [0.15, 0.2) is 29.3 Å². The third-order valence-corrected chi connectivity index (χ3v) is 3.01. The van der Waals surface area contributed by atoms with Crippen molar-refractivity contribution in [1.82, 2.24) is 9.97 Å². The van der Waals surface area contributed by atoms with Gasteiger partial charge in [-0.15, -0.1) is 0 Å². The number of aromatic amines is 1. The van der Waals surface area contributed by atoms with Crippen LogP contribution in [0.1, 0.15) is 30.9 Å². The van der Waals surface area contributed by atoms with Crippen molar-refractivity contribution in [2.75, 3.05) is 0 Å². The van der Waals surface area contributed by atoms with E-state index >= 15 is 0 Å². The molecule has 1 aromatic heterocycles. The maximum Gasteiger partial charge on any atom is 0.419 e. The monoisotopic (exact) mass is 300 g/mol. The highest BCUT2D eigenvalue weighted by Gasteiger charge is 2.34. The molecule has 0 aliphatic carbocycles. The molecule has 0 unspecified atom stereocenters. The Morgan fingerprint density at radius 2 is 1.90 bits per heavy atom. The van der Waals surface area contributed by atoms with Crippen molar-refractivity contribution in [3.63, 3.8) is 0 Å². The summed E-state index contributed by atoms with van der Waals surface area (Å²) in [5.41, 5.74) is -1.36. The Morgan fingerprint density at radius 3 is 2.48 bits per heavy atom. The van der Waals surface area contributed by atoms with Crippen LogP contribution in [0.2, 0.25) is 0 Å². The van der Waals surface area contributed by atoms with Crippen molar-refractivity contribution in [3.05, 3.63) is 51.8 Å². The Kier molecular flexibility index (Phi) is 3.85. The summed E-state index contributed by atoms with van der Waals surface area (Å²) in [4.78, 5) is 18.1. The van der Waals surface area contributed by atoms with E-state index in [0.717, 1.165) is 12.4 Å². The van der Waals surface area contributed by atoms with Crippen molar-refractivity contribution in [2.24, 2.45) is 0 Å². The van der Waals surface area contributed by atoms with E-state index in [2.05, 4.69) is 9.97 Å². The van der Waals surface area contributed by atoms with E-state index < -0.39 is 23.1 Å². The number of halogens is 4. The number of nitrogens with one attached hydrogen (secondary N) is 1. The van der Waals surface area contributed by atoms with Gasteiger partial charge in [-0.2, -0.15) is 13.2 Å². The molecule has 2 aromatic rings. The molecule has 0 atom stereocenters. The first-order valence-electron chi connectivity index (χ1n) is 6.16. The molecule has 3 nitrogen and oxygen atoms in total. The Morgan fingerprint density at radius 1 is 1.24 bits per heavy atom. The van der Waals surface area contributed by atoms with Crippen LogP contribution in [-0.2, 0) is 6.18 Å². The van der Waals surface area contributed by atoms with Crippen LogP contribution in [0.5, 0.6) is 0 Å². The van der Waals surface area contributed by atoms with Crippen LogP contribution in [0.4, 0.5) is 17.6 Å². The lowest BCUT2D eigenvalue weighted by molar-refractivity contribution is -0.139. The fraction of sp³-hybridized carbons (Fsp3) is 0.286. The second-order valence-corrected chi connectivity index (χ2v) is 4.84. The summed E-state index contributed by atoms with van der Waals surface area (Å²) in [5.74, 6) is -1.60. The largest absolute Gasteiger partial charge is 0.419 e. The molecule has 0 spiro atoms. The average molecular weight is 300 g/mol. The lowest BCUT2D eigenvalue weighted by Gasteiger charge is -2.13. The van der Waals surface area contributed by atoms with E-state index in [0.29, 0.717) is 6.07 Å². The highest BCUT2D eigenvalue weighted by Crippen LogP contribution is 2.34. The summed E-state index contributed by atoms with van der Waals surface area (Å²) in [5, 5.41) is 0. The number of H-pyrrole nitrogens is 1. The maximum absolute atomic E-state index is 13.3. The van der Waals surface area contributed by atoms with Crippen molar-refractivity contribution in [2.45, 2.75) is 25.9 Å². The van der Waals surface area contributed by atoms with Gasteiger partial charge in [-0.1, -0.05) is 13.8 Å². The predicted octanol–water partition coefficient (Wildman–Crippen LogP) is 3.72. The highest BCUT2D eigenvalue weighted by molar-refractivity contribution is 5.64. The van der Waals surface area contributed by atoms with Gasteiger partial charge in [0.25, 0.3) is 5.56 Å². The average Bonchev–Trinajstić information content (AvgIpc) is 2.37. The number of nitrogens with zero attached hydrogens (tertiary/aromatic N) is 1. The fourth-order valence-corrected chi connectivity index (χ4v) is 2.07.